The number of aliphatic carboxylic acids is 1. The Morgan fingerprint density at radius 3 is 3.07 bits per heavy atom. The van der Waals surface area contributed by atoms with E-state index in [1.165, 1.54) is 4.80 Å². The van der Waals surface area contributed by atoms with Crippen LogP contribution in [0.5, 0.6) is 0 Å². The molecule has 6 nitrogen and oxygen atoms in total. The zero-order valence-corrected chi connectivity index (χ0v) is 8.51. The van der Waals surface area contributed by atoms with E-state index < -0.39 is 11.6 Å². The minimum Gasteiger partial charge on any atom is -0.479 e. The molecule has 1 aromatic rings. The van der Waals surface area contributed by atoms with Gasteiger partial charge in [0, 0.05) is 20.1 Å². The molecule has 1 N–H and O–H groups in total. The minimum atomic E-state index is -1.09. The zero-order chi connectivity index (χ0) is 10.9. The maximum atomic E-state index is 11.2. The molecule has 0 aliphatic carbocycles. The van der Waals surface area contributed by atoms with E-state index in [0.717, 1.165) is 6.42 Å². The van der Waals surface area contributed by atoms with Gasteiger partial charge in [-0.15, -0.1) is 0 Å². The molecule has 0 amide bonds. The Balaban J connectivity index is 2.17. The van der Waals surface area contributed by atoms with Crippen molar-refractivity contribution in [2.45, 2.75) is 24.9 Å². The van der Waals surface area contributed by atoms with Crippen LogP contribution in [0.1, 0.15) is 18.5 Å². The summed E-state index contributed by atoms with van der Waals surface area (Å²) in [7, 11) is 1.70. The number of aryl methyl sites for hydroxylation is 1. The number of ether oxygens (including phenoxy) is 1. The van der Waals surface area contributed by atoms with E-state index in [2.05, 4.69) is 10.2 Å². The fourth-order valence-corrected chi connectivity index (χ4v) is 1.84. The number of aromatic nitrogens is 3. The van der Waals surface area contributed by atoms with Crippen molar-refractivity contribution in [2.75, 3.05) is 6.61 Å². The Morgan fingerprint density at radius 1 is 1.80 bits per heavy atom. The fraction of sp³-hybridized carbons (Fsp3) is 0.667. The van der Waals surface area contributed by atoms with Crippen LogP contribution in [0.15, 0.2) is 6.20 Å². The van der Waals surface area contributed by atoms with Crippen molar-refractivity contribution in [3.63, 3.8) is 0 Å². The Morgan fingerprint density at radius 2 is 2.60 bits per heavy atom. The average Bonchev–Trinajstić information content (AvgIpc) is 2.77. The van der Waals surface area contributed by atoms with Gasteiger partial charge in [0.05, 0.1) is 11.9 Å². The van der Waals surface area contributed by atoms with Crippen LogP contribution in [0.2, 0.25) is 0 Å². The van der Waals surface area contributed by atoms with Gasteiger partial charge >= 0.3 is 5.97 Å². The molecule has 1 atom stereocenters. The molecule has 2 rings (SSSR count). The summed E-state index contributed by atoms with van der Waals surface area (Å²) in [5.41, 5.74) is -0.433. The van der Waals surface area contributed by atoms with Crippen LogP contribution >= 0.6 is 0 Å². The fourth-order valence-electron chi connectivity index (χ4n) is 1.84. The molecule has 15 heavy (non-hydrogen) atoms. The number of carbonyl (C=O) groups is 1. The normalized spacial score (nSPS) is 25.7. The number of nitrogens with zero attached hydrogens (tertiary/aromatic N) is 3. The lowest BCUT2D eigenvalue weighted by Crippen LogP contribution is -2.40. The molecule has 1 fully saturated rings. The molecule has 0 bridgehead atoms. The molecule has 1 aliphatic rings. The summed E-state index contributed by atoms with van der Waals surface area (Å²) in [5, 5.41) is 17.1. The van der Waals surface area contributed by atoms with Crippen molar-refractivity contribution < 1.29 is 14.6 Å². The third-order valence-corrected chi connectivity index (χ3v) is 2.61. The molecule has 0 aromatic carbocycles. The third-order valence-electron chi connectivity index (χ3n) is 2.61. The molecule has 1 aliphatic heterocycles. The van der Waals surface area contributed by atoms with Gasteiger partial charge in [0.15, 0.2) is 5.60 Å². The van der Waals surface area contributed by atoms with E-state index >= 15 is 0 Å². The third kappa shape index (κ3) is 1.85. The summed E-state index contributed by atoms with van der Waals surface area (Å²) < 4.78 is 5.34. The van der Waals surface area contributed by atoms with Crippen molar-refractivity contribution in [1.82, 2.24) is 15.0 Å². The average molecular weight is 211 g/mol. The van der Waals surface area contributed by atoms with Gasteiger partial charge in [-0.05, 0) is 12.8 Å². The van der Waals surface area contributed by atoms with Crippen molar-refractivity contribution in [2.24, 2.45) is 7.05 Å². The highest BCUT2D eigenvalue weighted by molar-refractivity contribution is 5.78. The molecule has 1 unspecified atom stereocenters. The highest BCUT2D eigenvalue weighted by Crippen LogP contribution is 2.29. The molecule has 2 heterocycles. The SMILES string of the molecule is Cn1ncc(CC2(C(=O)O)CCCO2)n1. The van der Waals surface area contributed by atoms with E-state index in [0.29, 0.717) is 18.7 Å². The molecule has 1 saturated heterocycles. The van der Waals surface area contributed by atoms with E-state index in [-0.39, 0.29) is 6.42 Å². The molecule has 6 heteroatoms. The number of carboxylic acid groups (broad SMARTS) is 1. The van der Waals surface area contributed by atoms with Crippen LogP contribution in [-0.4, -0.2) is 38.3 Å². The van der Waals surface area contributed by atoms with E-state index in [9.17, 15) is 4.79 Å². The van der Waals surface area contributed by atoms with Gasteiger partial charge < -0.3 is 9.84 Å². The summed E-state index contributed by atoms with van der Waals surface area (Å²) in [6.07, 6.45) is 3.19. The molecule has 1 aromatic heterocycles. The Labute approximate surface area is 86.8 Å². The predicted molar refractivity (Wildman–Crippen MR) is 50.3 cm³/mol. The summed E-state index contributed by atoms with van der Waals surface area (Å²) in [5.74, 6) is -0.911. The second kappa shape index (κ2) is 3.62. The van der Waals surface area contributed by atoms with Crippen LogP contribution in [0, 0.1) is 0 Å². The van der Waals surface area contributed by atoms with Gasteiger partial charge in [-0.3, -0.25) is 0 Å². The first kappa shape index (κ1) is 10.1. The second-order valence-electron chi connectivity index (χ2n) is 3.75. The smallest absolute Gasteiger partial charge is 0.336 e. The summed E-state index contributed by atoms with van der Waals surface area (Å²) in [6, 6.07) is 0. The lowest BCUT2D eigenvalue weighted by atomic mass is 9.95. The predicted octanol–water partition coefficient (Wildman–Crippen LogP) is -0.00860. The number of rotatable bonds is 3. The molecule has 82 valence electrons. The van der Waals surface area contributed by atoms with Gasteiger partial charge in [0.2, 0.25) is 0 Å². The summed E-state index contributed by atoms with van der Waals surface area (Å²) in [4.78, 5) is 12.6. The van der Waals surface area contributed by atoms with Crippen molar-refractivity contribution in [3.05, 3.63) is 11.9 Å². The molecule has 0 saturated carbocycles. The van der Waals surface area contributed by atoms with E-state index in [4.69, 9.17) is 9.84 Å². The Hall–Kier alpha value is -1.43. The maximum absolute atomic E-state index is 11.2. The van der Waals surface area contributed by atoms with Crippen LogP contribution in [-0.2, 0) is 23.0 Å². The van der Waals surface area contributed by atoms with Gasteiger partial charge in [-0.1, -0.05) is 0 Å². The number of hydrogen-bond donors (Lipinski definition) is 1. The standard InChI is InChI=1S/C9H13N3O3/c1-12-10-6-7(11-12)5-9(8(13)14)3-2-4-15-9/h6H,2-5H2,1H3,(H,13,14). The first-order chi connectivity index (χ1) is 7.12. The number of carboxylic acids is 1. The minimum absolute atomic E-state index is 0.288. The van der Waals surface area contributed by atoms with Crippen molar-refractivity contribution >= 4 is 5.97 Å². The largest absolute Gasteiger partial charge is 0.479 e. The van der Waals surface area contributed by atoms with Crippen LogP contribution in [0.25, 0.3) is 0 Å². The highest BCUT2D eigenvalue weighted by Gasteiger charge is 2.43. The monoisotopic (exact) mass is 211 g/mol. The van der Waals surface area contributed by atoms with Crippen LogP contribution in [0.3, 0.4) is 0 Å². The molecular formula is C9H13N3O3. The summed E-state index contributed by atoms with van der Waals surface area (Å²) >= 11 is 0. The second-order valence-corrected chi connectivity index (χ2v) is 3.75. The highest BCUT2D eigenvalue weighted by atomic mass is 16.5. The van der Waals surface area contributed by atoms with Crippen molar-refractivity contribution in [3.8, 4) is 0 Å². The van der Waals surface area contributed by atoms with Crippen LogP contribution < -0.4 is 0 Å². The number of hydrogen-bond acceptors (Lipinski definition) is 4. The quantitative estimate of drug-likeness (QED) is 0.761. The molecular weight excluding hydrogens is 198 g/mol. The topological polar surface area (TPSA) is 77.2 Å². The molecule has 0 radical (unpaired) electrons. The maximum Gasteiger partial charge on any atom is 0.336 e. The first-order valence-electron chi connectivity index (χ1n) is 4.85. The zero-order valence-electron chi connectivity index (χ0n) is 8.51. The lowest BCUT2D eigenvalue weighted by molar-refractivity contribution is -0.160. The van der Waals surface area contributed by atoms with Gasteiger partial charge in [-0.2, -0.15) is 15.0 Å². The van der Waals surface area contributed by atoms with E-state index in [1.54, 1.807) is 13.2 Å². The lowest BCUT2D eigenvalue weighted by Gasteiger charge is -2.21. The van der Waals surface area contributed by atoms with E-state index in [1.807, 2.05) is 0 Å². The summed E-state index contributed by atoms with van der Waals surface area (Å²) in [6.45, 7) is 0.507. The van der Waals surface area contributed by atoms with Crippen molar-refractivity contribution in [1.29, 1.82) is 0 Å². The van der Waals surface area contributed by atoms with Gasteiger partial charge in [0.25, 0.3) is 0 Å². The van der Waals surface area contributed by atoms with Gasteiger partial charge in [0.1, 0.15) is 0 Å². The van der Waals surface area contributed by atoms with Gasteiger partial charge in [-0.25, -0.2) is 4.79 Å². The Kier molecular flexibility index (Phi) is 2.44. The Bertz CT molecular complexity index is 368. The first-order valence-corrected chi connectivity index (χ1v) is 4.85. The molecule has 0 spiro atoms. The van der Waals surface area contributed by atoms with Crippen LogP contribution in [0.4, 0.5) is 0 Å².